The van der Waals surface area contributed by atoms with E-state index >= 15 is 0 Å². The maximum atomic E-state index is 6.07. The van der Waals surface area contributed by atoms with Crippen LogP contribution in [-0.2, 0) is 12.8 Å². The van der Waals surface area contributed by atoms with Crippen LogP contribution in [0.25, 0.3) is 0 Å². The van der Waals surface area contributed by atoms with Crippen molar-refractivity contribution in [1.82, 2.24) is 9.97 Å². The van der Waals surface area contributed by atoms with Crippen molar-refractivity contribution in [2.75, 3.05) is 23.3 Å². The summed E-state index contributed by atoms with van der Waals surface area (Å²) < 4.78 is 0. The molecule has 114 valence electrons. The minimum Gasteiger partial charge on any atom is -0.370 e. The van der Waals surface area contributed by atoms with Crippen LogP contribution in [0, 0.1) is 0 Å². The van der Waals surface area contributed by atoms with E-state index in [4.69, 9.17) is 5.73 Å². The second kappa shape index (κ2) is 5.57. The topological polar surface area (TPSA) is 67.1 Å². The fraction of sp³-hybridized carbons (Fsp3) is 0.412. The first-order valence-corrected chi connectivity index (χ1v) is 7.94. The van der Waals surface area contributed by atoms with Gasteiger partial charge in [0.25, 0.3) is 0 Å². The molecule has 1 aliphatic carbocycles. The lowest BCUT2D eigenvalue weighted by Gasteiger charge is -2.21. The van der Waals surface area contributed by atoms with Gasteiger partial charge >= 0.3 is 0 Å². The van der Waals surface area contributed by atoms with Gasteiger partial charge in [0, 0.05) is 43.3 Å². The van der Waals surface area contributed by atoms with Gasteiger partial charge in [-0.25, -0.2) is 9.97 Å². The van der Waals surface area contributed by atoms with Gasteiger partial charge < -0.3 is 16.0 Å². The molecular weight excluding hydrogens is 274 g/mol. The second-order valence-corrected chi connectivity index (χ2v) is 6.23. The van der Waals surface area contributed by atoms with E-state index in [0.29, 0.717) is 18.0 Å². The summed E-state index contributed by atoms with van der Waals surface area (Å²) in [5.74, 6) is 0.713. The maximum absolute atomic E-state index is 6.07. The summed E-state index contributed by atoms with van der Waals surface area (Å²) in [4.78, 5) is 11.0. The van der Waals surface area contributed by atoms with Crippen molar-refractivity contribution in [3.63, 3.8) is 0 Å². The van der Waals surface area contributed by atoms with E-state index in [0.717, 1.165) is 32.4 Å². The normalized spacial score (nSPS) is 23.6. The highest BCUT2D eigenvalue weighted by Crippen LogP contribution is 2.33. The molecule has 1 aromatic carbocycles. The Labute approximate surface area is 130 Å². The molecule has 0 amide bonds. The van der Waals surface area contributed by atoms with Crippen molar-refractivity contribution >= 4 is 11.6 Å². The van der Waals surface area contributed by atoms with Crippen LogP contribution >= 0.6 is 0 Å². The van der Waals surface area contributed by atoms with Crippen LogP contribution in [0.4, 0.5) is 11.6 Å². The Kier molecular flexibility index (Phi) is 3.42. The molecule has 0 radical (unpaired) electrons. The molecule has 2 aromatic rings. The number of rotatable bonds is 3. The summed E-state index contributed by atoms with van der Waals surface area (Å²) in [6.07, 6.45) is 6.68. The lowest BCUT2D eigenvalue weighted by Crippen LogP contribution is -2.27. The zero-order chi connectivity index (χ0) is 14.9. The first-order valence-electron chi connectivity index (χ1n) is 7.94. The van der Waals surface area contributed by atoms with Gasteiger partial charge in [0.1, 0.15) is 0 Å². The zero-order valence-electron chi connectivity index (χ0n) is 12.6. The van der Waals surface area contributed by atoms with E-state index in [1.165, 1.54) is 16.8 Å². The lowest BCUT2D eigenvalue weighted by atomic mass is 10.1. The van der Waals surface area contributed by atoms with Gasteiger partial charge in [-0.2, -0.15) is 0 Å². The number of fused-ring (bicyclic) bond motifs is 1. The van der Waals surface area contributed by atoms with Gasteiger partial charge in [-0.15, -0.1) is 0 Å². The number of hydrogen-bond donors (Lipinski definition) is 2. The van der Waals surface area contributed by atoms with Gasteiger partial charge in [-0.1, -0.05) is 12.1 Å². The van der Waals surface area contributed by atoms with Gasteiger partial charge in [-0.05, 0) is 42.5 Å². The number of anilines is 2. The van der Waals surface area contributed by atoms with E-state index in [1.54, 1.807) is 12.4 Å². The SMILES string of the molecule is NC1CCN(c2cccc3c2CC(Nc2ncccn2)C3)C1. The molecule has 2 aliphatic rings. The average molecular weight is 295 g/mol. The van der Waals surface area contributed by atoms with Gasteiger partial charge in [-0.3, -0.25) is 0 Å². The molecule has 2 unspecified atom stereocenters. The second-order valence-electron chi connectivity index (χ2n) is 6.23. The van der Waals surface area contributed by atoms with E-state index in [2.05, 4.69) is 38.4 Å². The highest BCUT2D eigenvalue weighted by atomic mass is 15.2. The predicted molar refractivity (Wildman–Crippen MR) is 88.1 cm³/mol. The Balaban J connectivity index is 1.53. The van der Waals surface area contributed by atoms with Crippen LogP contribution in [0.3, 0.4) is 0 Å². The van der Waals surface area contributed by atoms with Crippen LogP contribution in [0.15, 0.2) is 36.7 Å². The Morgan fingerprint density at radius 1 is 1.14 bits per heavy atom. The molecule has 1 aromatic heterocycles. The van der Waals surface area contributed by atoms with Crippen LogP contribution in [0.1, 0.15) is 17.5 Å². The first-order chi connectivity index (χ1) is 10.8. The van der Waals surface area contributed by atoms with Crippen molar-refractivity contribution in [2.24, 2.45) is 5.73 Å². The molecule has 1 saturated heterocycles. The number of aromatic nitrogens is 2. The van der Waals surface area contributed by atoms with Crippen LogP contribution in [0.2, 0.25) is 0 Å². The Hall–Kier alpha value is -2.14. The van der Waals surface area contributed by atoms with Gasteiger partial charge in [0.05, 0.1) is 0 Å². The number of benzene rings is 1. The molecule has 3 N–H and O–H groups in total. The zero-order valence-corrected chi connectivity index (χ0v) is 12.6. The van der Waals surface area contributed by atoms with E-state index in [-0.39, 0.29) is 0 Å². The van der Waals surface area contributed by atoms with Crippen LogP contribution in [-0.4, -0.2) is 35.1 Å². The smallest absolute Gasteiger partial charge is 0.222 e. The lowest BCUT2D eigenvalue weighted by molar-refractivity contribution is 0.750. The van der Waals surface area contributed by atoms with Gasteiger partial charge in [0.15, 0.2) is 0 Å². The minimum absolute atomic E-state index is 0.309. The monoisotopic (exact) mass is 295 g/mol. The summed E-state index contributed by atoms with van der Waals surface area (Å²) in [7, 11) is 0. The van der Waals surface area contributed by atoms with E-state index < -0.39 is 0 Å². The molecule has 5 nitrogen and oxygen atoms in total. The molecule has 0 spiro atoms. The van der Waals surface area contributed by atoms with Crippen molar-refractivity contribution in [1.29, 1.82) is 0 Å². The largest absolute Gasteiger partial charge is 0.370 e. The molecule has 1 aliphatic heterocycles. The van der Waals surface area contributed by atoms with Crippen LogP contribution < -0.4 is 16.0 Å². The standard InChI is InChI=1S/C17H21N5/c18-13-5-8-22(11-13)16-4-1-3-12-9-14(10-15(12)16)21-17-19-6-2-7-20-17/h1-4,6-7,13-14H,5,8-11,18H2,(H,19,20,21). The summed E-state index contributed by atoms with van der Waals surface area (Å²) in [5, 5.41) is 3.45. The molecule has 1 fully saturated rings. The Bertz CT molecular complexity index is 657. The molecule has 0 bridgehead atoms. The molecule has 5 heteroatoms. The average Bonchev–Trinajstić information content (AvgIpc) is 3.13. The molecular formula is C17H21N5. The molecule has 0 saturated carbocycles. The summed E-state index contributed by atoms with van der Waals surface area (Å²) in [6, 6.07) is 9.15. The summed E-state index contributed by atoms with van der Waals surface area (Å²) >= 11 is 0. The predicted octanol–water partition coefficient (Wildman–Crippen LogP) is 1.59. The fourth-order valence-electron chi connectivity index (χ4n) is 3.59. The molecule has 2 heterocycles. The third-order valence-electron chi connectivity index (χ3n) is 4.63. The first kappa shape index (κ1) is 13.5. The minimum atomic E-state index is 0.309. The number of nitrogens with two attached hydrogens (primary N) is 1. The fourth-order valence-corrected chi connectivity index (χ4v) is 3.59. The van der Waals surface area contributed by atoms with Crippen LogP contribution in [0.5, 0.6) is 0 Å². The summed E-state index contributed by atoms with van der Waals surface area (Å²) in [6.45, 7) is 2.04. The van der Waals surface area contributed by atoms with Crippen molar-refractivity contribution in [2.45, 2.75) is 31.3 Å². The van der Waals surface area contributed by atoms with E-state index in [9.17, 15) is 0 Å². The molecule has 22 heavy (non-hydrogen) atoms. The number of nitrogens with zero attached hydrogens (tertiary/aromatic N) is 3. The Morgan fingerprint density at radius 2 is 2.00 bits per heavy atom. The number of nitrogens with one attached hydrogen (secondary N) is 1. The van der Waals surface area contributed by atoms with Gasteiger partial charge in [0.2, 0.25) is 5.95 Å². The highest BCUT2D eigenvalue weighted by molar-refractivity contribution is 5.60. The molecule has 2 atom stereocenters. The quantitative estimate of drug-likeness (QED) is 0.900. The number of hydrogen-bond acceptors (Lipinski definition) is 5. The third kappa shape index (κ3) is 2.52. The van der Waals surface area contributed by atoms with Crippen molar-refractivity contribution in [3.05, 3.63) is 47.8 Å². The van der Waals surface area contributed by atoms with Crippen molar-refractivity contribution in [3.8, 4) is 0 Å². The summed E-state index contributed by atoms with van der Waals surface area (Å²) in [5.41, 5.74) is 10.3. The van der Waals surface area contributed by atoms with E-state index in [1.807, 2.05) is 6.07 Å². The maximum Gasteiger partial charge on any atom is 0.222 e. The third-order valence-corrected chi connectivity index (χ3v) is 4.63. The van der Waals surface area contributed by atoms with Crippen molar-refractivity contribution < 1.29 is 0 Å². The Morgan fingerprint density at radius 3 is 2.77 bits per heavy atom. The molecule has 4 rings (SSSR count). The highest BCUT2D eigenvalue weighted by Gasteiger charge is 2.28.